The van der Waals surface area contributed by atoms with Crippen molar-refractivity contribution in [3.05, 3.63) is 46.5 Å². The third kappa shape index (κ3) is 3.82. The number of hydrogen-bond acceptors (Lipinski definition) is 7. The lowest BCUT2D eigenvalue weighted by Gasteiger charge is -2.07. The van der Waals surface area contributed by atoms with Crippen LogP contribution in [-0.2, 0) is 16.1 Å². The van der Waals surface area contributed by atoms with Crippen molar-refractivity contribution in [1.82, 2.24) is 14.8 Å². The molecular weight excluding hydrogens is 419 g/mol. The molecule has 148 valence electrons. The van der Waals surface area contributed by atoms with Crippen LogP contribution in [0.5, 0.6) is 11.8 Å². The van der Waals surface area contributed by atoms with E-state index in [1.807, 2.05) is 0 Å². The molecule has 0 radical (unpaired) electrons. The molecule has 2 aromatic heterocycles. The Hall–Kier alpha value is -2.94. The van der Waals surface area contributed by atoms with Crippen molar-refractivity contribution < 1.29 is 19.1 Å². The number of carbonyl (C=O) groups excluding carboxylic acids is 2. The second-order valence-electron chi connectivity index (χ2n) is 6.18. The zero-order valence-electron chi connectivity index (χ0n) is 14.9. The van der Waals surface area contributed by atoms with Gasteiger partial charge in [0.1, 0.15) is 5.69 Å². The van der Waals surface area contributed by atoms with Crippen molar-refractivity contribution in [2.24, 2.45) is 5.73 Å². The van der Waals surface area contributed by atoms with Crippen LogP contribution in [0.25, 0.3) is 22.2 Å². The first-order valence-corrected chi connectivity index (χ1v) is 9.40. The van der Waals surface area contributed by atoms with Crippen molar-refractivity contribution in [1.29, 1.82) is 0 Å². The number of halogens is 2. The smallest absolute Gasteiger partial charge is 0.337 e. The molecule has 8 nitrogen and oxygen atoms in total. The van der Waals surface area contributed by atoms with E-state index in [-0.39, 0.29) is 11.8 Å². The van der Waals surface area contributed by atoms with Gasteiger partial charge in [0.05, 0.1) is 20.9 Å². The SMILES string of the molecule is NCCCn1nc(-c2ccc(Cl)c(Cl)c2)c2c3nc(cc21)OC(=O)/C=C\C(=O)O3. The Labute approximate surface area is 174 Å². The third-order valence-electron chi connectivity index (χ3n) is 4.20. The van der Waals surface area contributed by atoms with E-state index in [1.165, 1.54) is 0 Å². The number of hydrogen-bond donors (Lipinski definition) is 1. The molecule has 3 aromatic rings. The highest BCUT2D eigenvalue weighted by Crippen LogP contribution is 2.38. The number of esters is 2. The number of benzene rings is 1. The van der Waals surface area contributed by atoms with E-state index in [0.717, 1.165) is 12.2 Å². The predicted molar refractivity (Wildman–Crippen MR) is 107 cm³/mol. The van der Waals surface area contributed by atoms with Crippen LogP contribution in [-0.4, -0.2) is 33.2 Å². The van der Waals surface area contributed by atoms with Crippen LogP contribution in [0.4, 0.5) is 0 Å². The lowest BCUT2D eigenvalue weighted by atomic mass is 10.1. The van der Waals surface area contributed by atoms with Crippen molar-refractivity contribution >= 4 is 46.0 Å². The summed E-state index contributed by atoms with van der Waals surface area (Å²) in [6, 6.07) is 6.63. The molecule has 0 aliphatic carbocycles. The molecular formula is C19H14Cl2N4O4. The summed E-state index contributed by atoms with van der Waals surface area (Å²) in [7, 11) is 0. The molecule has 0 saturated heterocycles. The fraction of sp³-hybridized carbons (Fsp3) is 0.158. The van der Waals surface area contributed by atoms with Crippen molar-refractivity contribution in [3.8, 4) is 23.0 Å². The topological polar surface area (TPSA) is 109 Å². The van der Waals surface area contributed by atoms with Gasteiger partial charge in [0, 0.05) is 30.3 Å². The summed E-state index contributed by atoms with van der Waals surface area (Å²) in [5.74, 6) is -1.53. The summed E-state index contributed by atoms with van der Waals surface area (Å²) in [4.78, 5) is 28.1. The van der Waals surface area contributed by atoms with Gasteiger partial charge in [-0.1, -0.05) is 29.3 Å². The Bertz CT molecular complexity index is 1170. The van der Waals surface area contributed by atoms with Gasteiger partial charge in [-0.3, -0.25) is 4.68 Å². The summed E-state index contributed by atoms with van der Waals surface area (Å²) < 4.78 is 12.2. The first kappa shape index (κ1) is 19.4. The molecule has 0 spiro atoms. The number of nitrogens with two attached hydrogens (primary N) is 1. The molecule has 3 heterocycles. The van der Waals surface area contributed by atoms with Crippen LogP contribution in [0.1, 0.15) is 6.42 Å². The van der Waals surface area contributed by atoms with Gasteiger partial charge in [-0.15, -0.1) is 0 Å². The highest BCUT2D eigenvalue weighted by Gasteiger charge is 2.23. The monoisotopic (exact) mass is 432 g/mol. The van der Waals surface area contributed by atoms with E-state index in [0.29, 0.717) is 51.7 Å². The van der Waals surface area contributed by atoms with Crippen molar-refractivity contribution in [3.63, 3.8) is 0 Å². The summed E-state index contributed by atoms with van der Waals surface area (Å²) >= 11 is 12.2. The first-order chi connectivity index (χ1) is 14.0. The molecule has 0 amide bonds. The minimum Gasteiger partial charge on any atom is -0.404 e. The van der Waals surface area contributed by atoms with Crippen LogP contribution >= 0.6 is 23.2 Å². The maximum Gasteiger partial charge on any atom is 0.337 e. The van der Waals surface area contributed by atoms with E-state index in [2.05, 4.69) is 10.1 Å². The van der Waals surface area contributed by atoms with E-state index >= 15 is 0 Å². The zero-order valence-corrected chi connectivity index (χ0v) is 16.4. The molecule has 0 atom stereocenters. The fourth-order valence-electron chi connectivity index (χ4n) is 2.92. The summed E-state index contributed by atoms with van der Waals surface area (Å²) in [6.07, 6.45) is 2.61. The largest absolute Gasteiger partial charge is 0.404 e. The number of ether oxygens (including phenoxy) is 2. The molecule has 1 aliphatic rings. The van der Waals surface area contributed by atoms with Crippen molar-refractivity contribution in [2.75, 3.05) is 6.54 Å². The van der Waals surface area contributed by atoms with Gasteiger partial charge in [0.15, 0.2) is 0 Å². The Morgan fingerprint density at radius 2 is 1.79 bits per heavy atom. The number of aryl methyl sites for hydroxylation is 1. The van der Waals surface area contributed by atoms with Gasteiger partial charge in [-0.05, 0) is 25.1 Å². The van der Waals surface area contributed by atoms with Gasteiger partial charge >= 0.3 is 11.9 Å². The van der Waals surface area contributed by atoms with Gasteiger partial charge in [-0.25, -0.2) is 9.59 Å². The Morgan fingerprint density at radius 1 is 1.03 bits per heavy atom. The summed E-state index contributed by atoms with van der Waals surface area (Å²) in [5, 5.41) is 5.87. The lowest BCUT2D eigenvalue weighted by Crippen LogP contribution is -2.08. The number of nitrogens with zero attached hydrogens (tertiary/aromatic N) is 3. The minimum atomic E-state index is -0.760. The molecule has 0 saturated carbocycles. The Kier molecular flexibility index (Phi) is 5.23. The maximum atomic E-state index is 12.1. The number of pyridine rings is 1. The number of carbonyl (C=O) groups is 2. The van der Waals surface area contributed by atoms with E-state index in [9.17, 15) is 9.59 Å². The molecule has 0 fully saturated rings. The summed E-state index contributed by atoms with van der Waals surface area (Å²) in [6.45, 7) is 0.958. The van der Waals surface area contributed by atoms with Gasteiger partial charge in [0.25, 0.3) is 0 Å². The highest BCUT2D eigenvalue weighted by molar-refractivity contribution is 6.42. The molecule has 1 aromatic carbocycles. The minimum absolute atomic E-state index is 0.00793. The van der Waals surface area contributed by atoms with Crippen LogP contribution in [0, 0.1) is 0 Å². The van der Waals surface area contributed by atoms with Crippen molar-refractivity contribution in [2.45, 2.75) is 13.0 Å². The standard InChI is InChI=1S/C19H14Cl2N4O4/c20-11-3-2-10(8-12(11)21)18-17-13(25(24-18)7-1-6-22)9-14-23-19(17)29-16(27)5-4-15(26)28-14/h2-5,8-9H,1,6-7,22H2/b5-4-. The molecule has 0 unspecified atom stereocenters. The Balaban J connectivity index is 1.99. The second kappa shape index (κ2) is 7.82. The first-order valence-electron chi connectivity index (χ1n) is 8.65. The predicted octanol–water partition coefficient (Wildman–Crippen LogP) is 3.13. The van der Waals surface area contributed by atoms with E-state index < -0.39 is 11.9 Å². The quantitative estimate of drug-likeness (QED) is 0.630. The average Bonchev–Trinajstić information content (AvgIpc) is 3.07. The fourth-order valence-corrected chi connectivity index (χ4v) is 3.22. The highest BCUT2D eigenvalue weighted by atomic mass is 35.5. The second-order valence-corrected chi connectivity index (χ2v) is 6.99. The molecule has 1 aliphatic heterocycles. The molecule has 2 N–H and O–H groups in total. The van der Waals surface area contributed by atoms with E-state index in [1.54, 1.807) is 28.9 Å². The molecule has 29 heavy (non-hydrogen) atoms. The average molecular weight is 433 g/mol. The van der Waals surface area contributed by atoms with Crippen LogP contribution in [0.3, 0.4) is 0 Å². The molecule has 10 heteroatoms. The maximum absolute atomic E-state index is 12.1. The normalized spacial score (nSPS) is 14.7. The van der Waals surface area contributed by atoms with Crippen LogP contribution in [0.15, 0.2) is 36.4 Å². The summed E-state index contributed by atoms with van der Waals surface area (Å²) in [5.41, 5.74) is 7.36. The zero-order chi connectivity index (χ0) is 20.5. The van der Waals surface area contributed by atoms with E-state index in [4.69, 9.17) is 38.4 Å². The lowest BCUT2D eigenvalue weighted by molar-refractivity contribution is -0.131. The third-order valence-corrected chi connectivity index (χ3v) is 4.94. The number of rotatable bonds is 4. The van der Waals surface area contributed by atoms with Crippen LogP contribution in [0.2, 0.25) is 10.0 Å². The number of fused-ring (bicyclic) bond motifs is 4. The molecule has 4 rings (SSSR count). The van der Waals surface area contributed by atoms with Gasteiger partial charge in [-0.2, -0.15) is 10.1 Å². The van der Waals surface area contributed by atoms with Gasteiger partial charge in [0.2, 0.25) is 11.8 Å². The number of aromatic nitrogens is 3. The Morgan fingerprint density at radius 3 is 2.52 bits per heavy atom. The molecule has 2 bridgehead atoms. The van der Waals surface area contributed by atoms with Gasteiger partial charge < -0.3 is 15.2 Å². The van der Waals surface area contributed by atoms with Crippen LogP contribution < -0.4 is 15.2 Å².